The molecule has 0 spiro atoms. The van der Waals surface area contributed by atoms with Crippen LogP contribution < -0.4 is 11.1 Å². The van der Waals surface area contributed by atoms with Gasteiger partial charge in [-0.3, -0.25) is 4.99 Å². The molecule has 0 aliphatic heterocycles. The third-order valence-electron chi connectivity index (χ3n) is 2.78. The molecule has 0 amide bonds. The second-order valence-electron chi connectivity index (χ2n) is 4.04. The summed E-state index contributed by atoms with van der Waals surface area (Å²) in [7, 11) is 0. The van der Waals surface area contributed by atoms with Crippen LogP contribution >= 0.6 is 0 Å². The van der Waals surface area contributed by atoms with Gasteiger partial charge in [0.1, 0.15) is 0 Å². The highest BCUT2D eigenvalue weighted by Crippen LogP contribution is 2.22. The zero-order valence-electron chi connectivity index (χ0n) is 11.1. The van der Waals surface area contributed by atoms with Crippen LogP contribution in [0.15, 0.2) is 23.2 Å². The Kier molecular flexibility index (Phi) is 5.70. The normalized spacial score (nSPS) is 11.6. The topological polar surface area (TPSA) is 50.4 Å². The molecular weight excluding hydrogens is 210 g/mol. The van der Waals surface area contributed by atoms with Gasteiger partial charge < -0.3 is 11.1 Å². The number of rotatable bonds is 5. The van der Waals surface area contributed by atoms with Gasteiger partial charge in [0.25, 0.3) is 0 Å². The Morgan fingerprint density at radius 1 is 1.24 bits per heavy atom. The molecule has 0 aliphatic carbocycles. The molecule has 0 radical (unpaired) electrons. The minimum absolute atomic E-state index is 0.592. The molecule has 3 nitrogen and oxygen atoms in total. The van der Waals surface area contributed by atoms with Crippen molar-refractivity contribution in [2.24, 2.45) is 10.7 Å². The van der Waals surface area contributed by atoms with Crippen LogP contribution in [0.3, 0.4) is 0 Å². The van der Waals surface area contributed by atoms with Crippen molar-refractivity contribution >= 4 is 11.5 Å². The first-order valence-corrected chi connectivity index (χ1v) is 6.31. The molecule has 0 fully saturated rings. The maximum absolute atomic E-state index is 5.45. The van der Waals surface area contributed by atoms with Gasteiger partial charge in [-0.15, -0.1) is 0 Å². The quantitative estimate of drug-likeness (QED) is 0.606. The summed E-state index contributed by atoms with van der Waals surface area (Å²) in [5, 5.41) is 3.41. The third kappa shape index (κ3) is 3.86. The van der Waals surface area contributed by atoms with Crippen molar-refractivity contribution in [3.05, 3.63) is 29.3 Å². The molecule has 0 aliphatic rings. The van der Waals surface area contributed by atoms with Gasteiger partial charge in [0.15, 0.2) is 0 Å². The molecule has 0 saturated heterocycles. The number of anilines is 1. The molecule has 0 bridgehead atoms. The van der Waals surface area contributed by atoms with Gasteiger partial charge >= 0.3 is 0 Å². The average molecular weight is 233 g/mol. The highest BCUT2D eigenvalue weighted by molar-refractivity contribution is 5.95. The van der Waals surface area contributed by atoms with E-state index in [1.807, 2.05) is 6.92 Å². The minimum atomic E-state index is 0.592. The highest BCUT2D eigenvalue weighted by Gasteiger charge is 2.06. The van der Waals surface area contributed by atoms with E-state index < -0.39 is 0 Å². The first-order chi connectivity index (χ1) is 8.22. The average Bonchev–Trinajstić information content (AvgIpc) is 2.36. The maximum Gasteiger partial charge on any atom is 0.0976 e. The summed E-state index contributed by atoms with van der Waals surface area (Å²) in [6.07, 6.45) is 2.06. The van der Waals surface area contributed by atoms with Gasteiger partial charge in [-0.1, -0.05) is 32.0 Å². The summed E-state index contributed by atoms with van der Waals surface area (Å²) in [4.78, 5) is 4.37. The number of nitrogens with zero attached hydrogens (tertiary/aromatic N) is 1. The predicted molar refractivity (Wildman–Crippen MR) is 75.9 cm³/mol. The van der Waals surface area contributed by atoms with Crippen molar-refractivity contribution in [1.29, 1.82) is 0 Å². The molecule has 3 heteroatoms. The van der Waals surface area contributed by atoms with Gasteiger partial charge in [0.2, 0.25) is 0 Å². The van der Waals surface area contributed by atoms with E-state index in [1.165, 1.54) is 16.8 Å². The minimum Gasteiger partial charge on any atom is -0.344 e. The summed E-state index contributed by atoms with van der Waals surface area (Å²) in [6.45, 7) is 7.60. The lowest BCUT2D eigenvalue weighted by Gasteiger charge is -2.15. The largest absolute Gasteiger partial charge is 0.344 e. The van der Waals surface area contributed by atoms with Gasteiger partial charge in [-0.25, -0.2) is 0 Å². The van der Waals surface area contributed by atoms with E-state index in [-0.39, 0.29) is 0 Å². The fourth-order valence-electron chi connectivity index (χ4n) is 1.86. The van der Waals surface area contributed by atoms with Gasteiger partial charge in [0.05, 0.1) is 12.4 Å². The first-order valence-electron chi connectivity index (χ1n) is 6.31. The van der Waals surface area contributed by atoms with Crippen LogP contribution in [0.5, 0.6) is 0 Å². The van der Waals surface area contributed by atoms with Crippen LogP contribution in [-0.4, -0.2) is 18.9 Å². The third-order valence-corrected chi connectivity index (χ3v) is 2.78. The van der Waals surface area contributed by atoms with Crippen LogP contribution in [0.25, 0.3) is 0 Å². The van der Waals surface area contributed by atoms with Crippen LogP contribution in [0.4, 0.5) is 5.69 Å². The summed E-state index contributed by atoms with van der Waals surface area (Å²) in [5.74, 6) is 0.936. The van der Waals surface area contributed by atoms with E-state index in [9.17, 15) is 0 Å². The monoisotopic (exact) mass is 233 g/mol. The summed E-state index contributed by atoms with van der Waals surface area (Å²) in [5.41, 5.74) is 9.34. The second-order valence-corrected chi connectivity index (χ2v) is 4.04. The predicted octanol–water partition coefficient (Wildman–Crippen LogP) is 2.60. The Balaban J connectivity index is 2.95. The van der Waals surface area contributed by atoms with Crippen LogP contribution in [0, 0.1) is 0 Å². The Labute approximate surface area is 104 Å². The van der Waals surface area contributed by atoms with Crippen molar-refractivity contribution in [2.75, 3.05) is 18.4 Å². The molecule has 17 heavy (non-hydrogen) atoms. The molecule has 0 aromatic heterocycles. The summed E-state index contributed by atoms with van der Waals surface area (Å²) >= 11 is 0. The van der Waals surface area contributed by atoms with Crippen molar-refractivity contribution in [2.45, 2.75) is 33.6 Å². The van der Waals surface area contributed by atoms with Gasteiger partial charge in [-0.2, -0.15) is 0 Å². The van der Waals surface area contributed by atoms with Gasteiger partial charge in [0, 0.05) is 12.2 Å². The number of aryl methyl sites for hydroxylation is 2. The number of para-hydroxylation sites is 1. The fraction of sp³-hybridized carbons (Fsp3) is 0.500. The van der Waals surface area contributed by atoms with Gasteiger partial charge in [-0.05, 0) is 30.9 Å². The van der Waals surface area contributed by atoms with Crippen LogP contribution in [0.2, 0.25) is 0 Å². The Morgan fingerprint density at radius 2 is 1.82 bits per heavy atom. The van der Waals surface area contributed by atoms with Crippen molar-refractivity contribution < 1.29 is 0 Å². The SMILES string of the molecule is CCc1cccc(CC)c1NC(C)=NCCN. The van der Waals surface area contributed by atoms with Crippen molar-refractivity contribution in [3.8, 4) is 0 Å². The molecule has 0 heterocycles. The number of nitrogens with two attached hydrogens (primary N) is 1. The molecule has 1 aromatic carbocycles. The molecule has 1 rings (SSSR count). The lowest BCUT2D eigenvalue weighted by Crippen LogP contribution is -2.13. The van der Waals surface area contributed by atoms with Crippen molar-refractivity contribution in [1.82, 2.24) is 0 Å². The zero-order valence-corrected chi connectivity index (χ0v) is 11.1. The number of amidine groups is 1. The number of hydrogen-bond acceptors (Lipinski definition) is 2. The molecule has 0 atom stereocenters. The van der Waals surface area contributed by atoms with Crippen LogP contribution in [-0.2, 0) is 12.8 Å². The molecule has 3 N–H and O–H groups in total. The highest BCUT2D eigenvalue weighted by atomic mass is 15.0. The maximum atomic E-state index is 5.45. The molecule has 1 aromatic rings. The fourth-order valence-corrected chi connectivity index (χ4v) is 1.86. The standard InChI is InChI=1S/C14H23N3/c1-4-12-7-6-8-13(5-2)14(12)17-11(3)16-10-9-15/h6-8H,4-5,9-10,15H2,1-3H3,(H,16,17). The van der Waals surface area contributed by atoms with E-state index >= 15 is 0 Å². The lowest BCUT2D eigenvalue weighted by molar-refractivity contribution is 0.973. The van der Waals surface area contributed by atoms with E-state index in [0.717, 1.165) is 18.7 Å². The Morgan fingerprint density at radius 3 is 2.29 bits per heavy atom. The number of hydrogen-bond donors (Lipinski definition) is 2. The van der Waals surface area contributed by atoms with E-state index in [2.05, 4.69) is 42.4 Å². The lowest BCUT2D eigenvalue weighted by atomic mass is 10.0. The first kappa shape index (κ1) is 13.7. The second kappa shape index (κ2) is 7.07. The smallest absolute Gasteiger partial charge is 0.0976 e. The van der Waals surface area contributed by atoms with E-state index in [0.29, 0.717) is 13.1 Å². The zero-order chi connectivity index (χ0) is 12.7. The summed E-state index contributed by atoms with van der Waals surface area (Å²) < 4.78 is 0. The number of nitrogens with one attached hydrogen (secondary N) is 1. The Bertz CT molecular complexity index is 361. The number of aliphatic imine (C=N–C) groups is 1. The van der Waals surface area contributed by atoms with E-state index in [4.69, 9.17) is 5.73 Å². The van der Waals surface area contributed by atoms with E-state index in [1.54, 1.807) is 0 Å². The molecule has 0 saturated carbocycles. The number of benzene rings is 1. The summed E-state index contributed by atoms with van der Waals surface area (Å²) in [6, 6.07) is 6.45. The Hall–Kier alpha value is -1.35. The molecule has 94 valence electrons. The van der Waals surface area contributed by atoms with Crippen molar-refractivity contribution in [3.63, 3.8) is 0 Å². The van der Waals surface area contributed by atoms with Crippen LogP contribution in [0.1, 0.15) is 31.9 Å². The molecule has 0 unspecified atom stereocenters. The molecular formula is C14H23N3.